The Labute approximate surface area is 121 Å². The highest BCUT2D eigenvalue weighted by molar-refractivity contribution is 5.89. The number of carboxylic acids is 1. The number of carbonyl (C=O) groups is 4. The Bertz CT molecular complexity index is 439. The molecule has 0 aromatic heterocycles. The van der Waals surface area contributed by atoms with Gasteiger partial charge in [0.1, 0.15) is 12.1 Å². The van der Waals surface area contributed by atoms with Crippen molar-refractivity contribution in [1.29, 1.82) is 0 Å². The molecular weight excluding hydrogens is 282 g/mol. The third-order valence-corrected chi connectivity index (χ3v) is 3.07. The summed E-state index contributed by atoms with van der Waals surface area (Å²) in [4.78, 5) is 46.8. The highest BCUT2D eigenvalue weighted by atomic mass is 16.5. The molecule has 9 heteroatoms. The van der Waals surface area contributed by atoms with Crippen molar-refractivity contribution in [1.82, 2.24) is 10.2 Å². The molecule has 0 saturated carbocycles. The van der Waals surface area contributed by atoms with Gasteiger partial charge >= 0.3 is 18.0 Å². The first kappa shape index (κ1) is 16.7. The predicted octanol–water partition coefficient (Wildman–Crippen LogP) is -0.948. The van der Waals surface area contributed by atoms with E-state index in [2.05, 4.69) is 5.32 Å². The van der Waals surface area contributed by atoms with Crippen LogP contribution in [0.3, 0.4) is 0 Å². The Balaban J connectivity index is 2.70. The van der Waals surface area contributed by atoms with Crippen molar-refractivity contribution in [2.75, 3.05) is 13.2 Å². The standard InChI is InChI=1S/C12H19N3O6/c1-2-21-11(19)8-4-3-5-15(8)12(20)14-7(10(17)18)6-9(13)16/h7-8H,2-6H2,1H3,(H2,13,16)(H,14,20)(H,17,18). The number of nitrogens with one attached hydrogen (secondary N) is 1. The monoisotopic (exact) mass is 301 g/mol. The second-order valence-electron chi connectivity index (χ2n) is 4.61. The molecule has 1 rings (SSSR count). The number of amides is 3. The van der Waals surface area contributed by atoms with E-state index in [-0.39, 0.29) is 6.61 Å². The van der Waals surface area contributed by atoms with Crippen LogP contribution in [0.4, 0.5) is 4.79 Å². The maximum Gasteiger partial charge on any atom is 0.328 e. The molecule has 9 nitrogen and oxygen atoms in total. The molecule has 0 aromatic carbocycles. The van der Waals surface area contributed by atoms with Gasteiger partial charge in [0.05, 0.1) is 13.0 Å². The smallest absolute Gasteiger partial charge is 0.328 e. The molecule has 1 aliphatic rings. The van der Waals surface area contributed by atoms with Crippen molar-refractivity contribution in [3.63, 3.8) is 0 Å². The van der Waals surface area contributed by atoms with E-state index in [9.17, 15) is 19.2 Å². The van der Waals surface area contributed by atoms with Gasteiger partial charge in [0.15, 0.2) is 0 Å². The van der Waals surface area contributed by atoms with Gasteiger partial charge < -0.3 is 25.8 Å². The van der Waals surface area contributed by atoms with E-state index in [4.69, 9.17) is 15.6 Å². The van der Waals surface area contributed by atoms with Gasteiger partial charge in [0.25, 0.3) is 0 Å². The number of esters is 1. The number of primary amides is 1. The minimum absolute atomic E-state index is 0.199. The molecule has 0 bridgehead atoms. The second-order valence-corrected chi connectivity index (χ2v) is 4.61. The lowest BCUT2D eigenvalue weighted by Crippen LogP contribution is -2.52. The highest BCUT2D eigenvalue weighted by Gasteiger charge is 2.36. The maximum atomic E-state index is 12.1. The molecule has 21 heavy (non-hydrogen) atoms. The molecule has 2 atom stereocenters. The van der Waals surface area contributed by atoms with E-state index in [1.54, 1.807) is 6.92 Å². The molecular formula is C12H19N3O6. The molecule has 2 unspecified atom stereocenters. The van der Waals surface area contributed by atoms with Crippen molar-refractivity contribution >= 4 is 23.9 Å². The van der Waals surface area contributed by atoms with E-state index in [1.807, 2.05) is 0 Å². The molecule has 1 fully saturated rings. The summed E-state index contributed by atoms with van der Waals surface area (Å²) in [6.45, 7) is 2.17. The van der Waals surface area contributed by atoms with Crippen molar-refractivity contribution in [3.05, 3.63) is 0 Å². The summed E-state index contributed by atoms with van der Waals surface area (Å²) < 4.78 is 4.87. The van der Waals surface area contributed by atoms with Crippen molar-refractivity contribution in [3.8, 4) is 0 Å². The number of hydrogen-bond acceptors (Lipinski definition) is 5. The number of carboxylic acid groups (broad SMARTS) is 1. The van der Waals surface area contributed by atoms with Crippen LogP contribution in [0.5, 0.6) is 0 Å². The first-order chi connectivity index (χ1) is 9.86. The van der Waals surface area contributed by atoms with Crippen LogP contribution < -0.4 is 11.1 Å². The number of nitrogens with zero attached hydrogens (tertiary/aromatic N) is 1. The van der Waals surface area contributed by atoms with Gasteiger partial charge in [-0.1, -0.05) is 0 Å². The van der Waals surface area contributed by atoms with Crippen LogP contribution in [0.15, 0.2) is 0 Å². The van der Waals surface area contributed by atoms with Crippen molar-refractivity contribution < 1.29 is 29.0 Å². The van der Waals surface area contributed by atoms with Crippen molar-refractivity contribution in [2.24, 2.45) is 5.73 Å². The lowest BCUT2D eigenvalue weighted by atomic mass is 10.2. The Kier molecular flexibility index (Phi) is 5.94. The number of nitrogens with two attached hydrogens (primary N) is 1. The summed E-state index contributed by atoms with van der Waals surface area (Å²) in [7, 11) is 0. The SMILES string of the molecule is CCOC(=O)C1CCCN1C(=O)NC(CC(N)=O)C(=O)O. The highest BCUT2D eigenvalue weighted by Crippen LogP contribution is 2.18. The third-order valence-electron chi connectivity index (χ3n) is 3.07. The van der Waals surface area contributed by atoms with Gasteiger partial charge in [-0.3, -0.25) is 4.79 Å². The van der Waals surface area contributed by atoms with Gasteiger partial charge in [-0.2, -0.15) is 0 Å². The molecule has 3 amide bonds. The minimum Gasteiger partial charge on any atom is -0.480 e. The van der Waals surface area contributed by atoms with Gasteiger partial charge in [0, 0.05) is 6.54 Å². The lowest BCUT2D eigenvalue weighted by Gasteiger charge is -2.25. The molecule has 1 aliphatic heterocycles. The molecule has 0 radical (unpaired) electrons. The van der Waals surface area contributed by atoms with E-state index in [1.165, 1.54) is 4.90 Å². The Morgan fingerprint density at radius 3 is 2.62 bits per heavy atom. The summed E-state index contributed by atoms with van der Waals surface area (Å²) >= 11 is 0. The third kappa shape index (κ3) is 4.62. The van der Waals surface area contributed by atoms with E-state index >= 15 is 0 Å². The number of hydrogen-bond donors (Lipinski definition) is 3. The van der Waals surface area contributed by atoms with Crippen LogP contribution >= 0.6 is 0 Å². The van der Waals surface area contributed by atoms with Gasteiger partial charge in [-0.15, -0.1) is 0 Å². The first-order valence-corrected chi connectivity index (χ1v) is 6.61. The molecule has 0 aliphatic carbocycles. The second kappa shape index (κ2) is 7.46. The molecule has 118 valence electrons. The van der Waals surface area contributed by atoms with Crippen LogP contribution in [-0.2, 0) is 19.1 Å². The zero-order valence-electron chi connectivity index (χ0n) is 11.7. The summed E-state index contributed by atoms with van der Waals surface area (Å²) in [6.07, 6.45) is 0.559. The van der Waals surface area contributed by atoms with Gasteiger partial charge in [-0.05, 0) is 19.8 Å². The number of ether oxygens (including phenoxy) is 1. The summed E-state index contributed by atoms with van der Waals surface area (Å²) in [5.74, 6) is -2.73. The zero-order valence-corrected chi connectivity index (χ0v) is 11.7. The Hall–Kier alpha value is -2.32. The van der Waals surface area contributed by atoms with Crippen LogP contribution in [0, 0.1) is 0 Å². The average molecular weight is 301 g/mol. The average Bonchev–Trinajstić information content (AvgIpc) is 2.86. The number of rotatable bonds is 6. The number of aliphatic carboxylic acids is 1. The normalized spacial score (nSPS) is 18.9. The quantitative estimate of drug-likeness (QED) is 0.541. The molecule has 1 heterocycles. The zero-order chi connectivity index (χ0) is 16.0. The first-order valence-electron chi connectivity index (χ1n) is 6.61. The number of likely N-dealkylation sites (tertiary alicyclic amines) is 1. The maximum absolute atomic E-state index is 12.1. The van der Waals surface area contributed by atoms with Crippen LogP contribution in [0.25, 0.3) is 0 Å². The van der Waals surface area contributed by atoms with E-state index in [0.717, 1.165) is 0 Å². The Morgan fingerprint density at radius 1 is 1.43 bits per heavy atom. The molecule has 4 N–H and O–H groups in total. The van der Waals surface area contributed by atoms with Gasteiger partial charge in [-0.25, -0.2) is 14.4 Å². The summed E-state index contributed by atoms with van der Waals surface area (Å²) in [5.41, 5.74) is 4.93. The lowest BCUT2D eigenvalue weighted by molar-refractivity contribution is -0.147. The van der Waals surface area contributed by atoms with Gasteiger partial charge in [0.2, 0.25) is 5.91 Å². The topological polar surface area (TPSA) is 139 Å². The molecule has 0 aromatic rings. The fourth-order valence-electron chi connectivity index (χ4n) is 2.13. The summed E-state index contributed by atoms with van der Waals surface area (Å²) in [6, 6.07) is -2.87. The van der Waals surface area contributed by atoms with Crippen LogP contribution in [0.2, 0.25) is 0 Å². The van der Waals surface area contributed by atoms with E-state index in [0.29, 0.717) is 19.4 Å². The fourth-order valence-corrected chi connectivity index (χ4v) is 2.13. The number of urea groups is 1. The minimum atomic E-state index is -1.42. The predicted molar refractivity (Wildman–Crippen MR) is 70.1 cm³/mol. The Morgan fingerprint density at radius 2 is 2.10 bits per heavy atom. The molecule has 0 spiro atoms. The van der Waals surface area contributed by atoms with E-state index < -0.39 is 42.4 Å². The van der Waals surface area contributed by atoms with Crippen molar-refractivity contribution in [2.45, 2.75) is 38.3 Å². The number of carbonyl (C=O) groups excluding carboxylic acids is 3. The van der Waals surface area contributed by atoms with Crippen LogP contribution in [0.1, 0.15) is 26.2 Å². The summed E-state index contributed by atoms with van der Waals surface area (Å²) in [5, 5.41) is 11.1. The molecule has 1 saturated heterocycles. The largest absolute Gasteiger partial charge is 0.480 e. The van der Waals surface area contributed by atoms with Crippen LogP contribution in [-0.4, -0.2) is 59.1 Å². The fraction of sp³-hybridized carbons (Fsp3) is 0.667.